The second-order valence-corrected chi connectivity index (χ2v) is 4.76. The van der Waals surface area contributed by atoms with Crippen LogP contribution < -0.4 is 14.2 Å². The molecule has 0 aliphatic carbocycles. The molecule has 1 aliphatic heterocycles. The normalized spacial score (nSPS) is 15.7. The van der Waals surface area contributed by atoms with Gasteiger partial charge >= 0.3 is 5.97 Å². The number of nitrogens with zero attached hydrogens (tertiary/aromatic N) is 1. The Hall–Kier alpha value is -3.00. The van der Waals surface area contributed by atoms with Gasteiger partial charge in [0.05, 0.1) is 12.5 Å². The summed E-state index contributed by atoms with van der Waals surface area (Å²) in [6, 6.07) is 16.0. The topological polar surface area (TPSA) is 68.5 Å². The first-order valence-corrected chi connectivity index (χ1v) is 6.82. The van der Waals surface area contributed by atoms with Crippen molar-refractivity contribution in [1.82, 2.24) is 0 Å². The first-order chi connectivity index (χ1) is 10.8. The number of hydrogen-bond donors (Lipinski definition) is 0. The van der Waals surface area contributed by atoms with E-state index in [0.717, 1.165) is 5.56 Å². The second-order valence-electron chi connectivity index (χ2n) is 4.76. The molecule has 5 heteroatoms. The number of hydrogen-bond acceptors (Lipinski definition) is 5. The number of nitriles is 1. The van der Waals surface area contributed by atoms with Crippen molar-refractivity contribution in [1.29, 1.82) is 5.26 Å². The van der Waals surface area contributed by atoms with Gasteiger partial charge in [0.25, 0.3) is 0 Å². The van der Waals surface area contributed by atoms with Crippen molar-refractivity contribution in [2.75, 3.05) is 6.61 Å². The SMILES string of the molecule is N#CCc1ccc(OC(=O)[C@H]2COc3ccccc3O2)cc1. The Kier molecular flexibility index (Phi) is 3.92. The van der Waals surface area contributed by atoms with E-state index in [1.54, 1.807) is 36.4 Å². The standard InChI is InChI=1S/C17H13NO4/c18-10-9-12-5-7-13(8-6-12)21-17(19)16-11-20-14-3-1-2-4-15(14)22-16/h1-8,16H,9,11H2/t16-/m1/s1. The van der Waals surface area contributed by atoms with E-state index in [-0.39, 0.29) is 6.61 Å². The highest BCUT2D eigenvalue weighted by Crippen LogP contribution is 2.31. The van der Waals surface area contributed by atoms with E-state index in [2.05, 4.69) is 6.07 Å². The number of esters is 1. The lowest BCUT2D eigenvalue weighted by molar-refractivity contribution is -0.144. The van der Waals surface area contributed by atoms with Crippen molar-refractivity contribution in [3.05, 3.63) is 54.1 Å². The Labute approximate surface area is 127 Å². The summed E-state index contributed by atoms with van der Waals surface area (Å²) in [5, 5.41) is 8.62. The predicted octanol–water partition coefficient (Wildman–Crippen LogP) is 2.50. The second kappa shape index (κ2) is 6.19. The van der Waals surface area contributed by atoms with Crippen LogP contribution in [0.15, 0.2) is 48.5 Å². The van der Waals surface area contributed by atoms with Crippen molar-refractivity contribution in [2.24, 2.45) is 0 Å². The van der Waals surface area contributed by atoms with Crippen LogP contribution in [0.2, 0.25) is 0 Å². The highest BCUT2D eigenvalue weighted by atomic mass is 16.6. The van der Waals surface area contributed by atoms with Gasteiger partial charge in [0.2, 0.25) is 6.10 Å². The molecule has 0 amide bonds. The zero-order valence-corrected chi connectivity index (χ0v) is 11.7. The van der Waals surface area contributed by atoms with E-state index in [1.165, 1.54) is 0 Å². The smallest absolute Gasteiger partial charge is 0.356 e. The van der Waals surface area contributed by atoms with Crippen molar-refractivity contribution in [2.45, 2.75) is 12.5 Å². The van der Waals surface area contributed by atoms with Crippen LogP contribution in [0.4, 0.5) is 0 Å². The molecule has 1 atom stereocenters. The number of para-hydroxylation sites is 2. The van der Waals surface area contributed by atoms with Crippen LogP contribution in [0.25, 0.3) is 0 Å². The van der Waals surface area contributed by atoms with Crippen molar-refractivity contribution in [3.63, 3.8) is 0 Å². The van der Waals surface area contributed by atoms with Gasteiger partial charge in [-0.05, 0) is 29.8 Å². The first-order valence-electron chi connectivity index (χ1n) is 6.82. The van der Waals surface area contributed by atoms with E-state index in [1.807, 2.05) is 12.1 Å². The third kappa shape index (κ3) is 3.01. The monoisotopic (exact) mass is 295 g/mol. The van der Waals surface area contributed by atoms with Gasteiger partial charge in [-0.3, -0.25) is 0 Å². The van der Waals surface area contributed by atoms with Crippen LogP contribution in [0.5, 0.6) is 17.2 Å². The molecule has 0 fully saturated rings. The molecule has 2 aromatic rings. The molecule has 0 spiro atoms. The largest absolute Gasteiger partial charge is 0.485 e. The molecule has 5 nitrogen and oxygen atoms in total. The van der Waals surface area contributed by atoms with Crippen LogP contribution >= 0.6 is 0 Å². The van der Waals surface area contributed by atoms with Crippen LogP contribution in [0.3, 0.4) is 0 Å². The molecule has 0 radical (unpaired) electrons. The van der Waals surface area contributed by atoms with Gasteiger partial charge < -0.3 is 14.2 Å². The van der Waals surface area contributed by atoms with Crippen molar-refractivity contribution < 1.29 is 19.0 Å². The molecule has 0 saturated carbocycles. The molecule has 1 heterocycles. The van der Waals surface area contributed by atoms with E-state index in [9.17, 15) is 4.79 Å². The number of rotatable bonds is 3. The van der Waals surface area contributed by atoms with Gasteiger partial charge in [-0.25, -0.2) is 4.79 Å². The minimum atomic E-state index is -0.798. The molecule has 22 heavy (non-hydrogen) atoms. The molecule has 2 aromatic carbocycles. The summed E-state index contributed by atoms with van der Waals surface area (Å²) in [6.45, 7) is 0.113. The Morgan fingerprint density at radius 3 is 2.64 bits per heavy atom. The minimum absolute atomic E-state index is 0.113. The Morgan fingerprint density at radius 1 is 1.18 bits per heavy atom. The van der Waals surface area contributed by atoms with E-state index >= 15 is 0 Å². The van der Waals surface area contributed by atoms with Gasteiger partial charge in [-0.2, -0.15) is 5.26 Å². The maximum absolute atomic E-state index is 12.1. The summed E-state index contributed by atoms with van der Waals surface area (Å²) >= 11 is 0. The summed E-state index contributed by atoms with van der Waals surface area (Å²) in [5.41, 5.74) is 0.869. The van der Waals surface area contributed by atoms with E-state index in [4.69, 9.17) is 19.5 Å². The van der Waals surface area contributed by atoms with Crippen LogP contribution in [-0.4, -0.2) is 18.7 Å². The summed E-state index contributed by atoms with van der Waals surface area (Å²) in [6.07, 6.45) is -0.474. The molecule has 0 bridgehead atoms. The number of ether oxygens (including phenoxy) is 3. The number of carbonyl (C=O) groups is 1. The van der Waals surface area contributed by atoms with Crippen LogP contribution in [0, 0.1) is 11.3 Å². The average Bonchev–Trinajstić information content (AvgIpc) is 2.56. The van der Waals surface area contributed by atoms with Gasteiger partial charge in [-0.15, -0.1) is 0 Å². The molecule has 1 aliphatic rings. The maximum Gasteiger partial charge on any atom is 0.356 e. The lowest BCUT2D eigenvalue weighted by Crippen LogP contribution is -2.39. The molecule has 3 rings (SSSR count). The van der Waals surface area contributed by atoms with Crippen molar-refractivity contribution in [3.8, 4) is 23.3 Å². The Bertz CT molecular complexity index is 718. The first kappa shape index (κ1) is 14.0. The fourth-order valence-corrected chi connectivity index (χ4v) is 2.08. The molecule has 0 unspecified atom stereocenters. The summed E-state index contributed by atoms with van der Waals surface area (Å²) in [5.74, 6) is 1.05. The molecule has 110 valence electrons. The lowest BCUT2D eigenvalue weighted by Gasteiger charge is -2.24. The van der Waals surface area contributed by atoms with Gasteiger partial charge in [0.15, 0.2) is 11.5 Å². The zero-order chi connectivity index (χ0) is 15.4. The average molecular weight is 295 g/mol. The van der Waals surface area contributed by atoms with E-state index < -0.39 is 12.1 Å². The van der Waals surface area contributed by atoms with Crippen LogP contribution in [-0.2, 0) is 11.2 Å². The fraction of sp³-hybridized carbons (Fsp3) is 0.176. The van der Waals surface area contributed by atoms with E-state index in [0.29, 0.717) is 23.7 Å². The Balaban J connectivity index is 1.64. The lowest BCUT2D eigenvalue weighted by atomic mass is 10.2. The molecular formula is C17H13NO4. The van der Waals surface area contributed by atoms with Gasteiger partial charge in [0.1, 0.15) is 12.4 Å². The molecule has 0 N–H and O–H groups in total. The molecule has 0 saturated heterocycles. The van der Waals surface area contributed by atoms with Gasteiger partial charge in [0, 0.05) is 0 Å². The van der Waals surface area contributed by atoms with Crippen molar-refractivity contribution >= 4 is 5.97 Å². The Morgan fingerprint density at radius 2 is 1.91 bits per heavy atom. The third-order valence-electron chi connectivity index (χ3n) is 3.20. The number of benzene rings is 2. The highest BCUT2D eigenvalue weighted by Gasteiger charge is 2.29. The summed E-state index contributed by atoms with van der Waals surface area (Å²) in [4.78, 5) is 12.1. The fourth-order valence-electron chi connectivity index (χ4n) is 2.08. The quantitative estimate of drug-likeness (QED) is 0.643. The summed E-state index contributed by atoms with van der Waals surface area (Å²) < 4.78 is 16.3. The third-order valence-corrected chi connectivity index (χ3v) is 3.20. The summed E-state index contributed by atoms with van der Waals surface area (Å²) in [7, 11) is 0. The zero-order valence-electron chi connectivity index (χ0n) is 11.7. The molecule has 0 aromatic heterocycles. The van der Waals surface area contributed by atoms with Crippen LogP contribution in [0.1, 0.15) is 5.56 Å². The predicted molar refractivity (Wildman–Crippen MR) is 77.7 cm³/mol. The van der Waals surface area contributed by atoms with Gasteiger partial charge in [-0.1, -0.05) is 24.3 Å². The number of fused-ring (bicyclic) bond motifs is 1. The molecular weight excluding hydrogens is 282 g/mol. The highest BCUT2D eigenvalue weighted by molar-refractivity contribution is 5.78. The number of carbonyl (C=O) groups excluding carboxylic acids is 1. The minimum Gasteiger partial charge on any atom is -0.485 e. The maximum atomic E-state index is 12.1.